The summed E-state index contributed by atoms with van der Waals surface area (Å²) in [5.41, 5.74) is 1.23. The third-order valence-corrected chi connectivity index (χ3v) is 3.33. The Bertz CT molecular complexity index is 588. The number of hydrogen-bond donors (Lipinski definition) is 0. The van der Waals surface area contributed by atoms with Crippen molar-refractivity contribution in [3.05, 3.63) is 48.0 Å². The van der Waals surface area contributed by atoms with Crippen molar-refractivity contribution < 1.29 is 9.53 Å². The fourth-order valence-electron chi connectivity index (χ4n) is 2.12. The Hall–Kier alpha value is -1.83. The number of ether oxygens (including phenoxy) is 1. The van der Waals surface area contributed by atoms with E-state index in [0.717, 1.165) is 22.8 Å². The molecular weight excluding hydrogens is 248 g/mol. The first-order chi connectivity index (χ1) is 9.46. The second-order valence-corrected chi connectivity index (χ2v) is 6.35. The van der Waals surface area contributed by atoms with Crippen LogP contribution in [0.2, 0.25) is 0 Å². The minimum atomic E-state index is -0.148. The summed E-state index contributed by atoms with van der Waals surface area (Å²) in [5, 5.41) is 2.29. The second-order valence-electron chi connectivity index (χ2n) is 6.35. The van der Waals surface area contributed by atoms with Crippen molar-refractivity contribution in [2.45, 2.75) is 33.6 Å². The molecule has 2 aromatic rings. The zero-order valence-corrected chi connectivity index (χ0v) is 12.5. The molecule has 0 aliphatic carbocycles. The van der Waals surface area contributed by atoms with Crippen molar-refractivity contribution >= 4 is 16.7 Å². The van der Waals surface area contributed by atoms with Gasteiger partial charge in [0.05, 0.1) is 13.0 Å². The molecule has 0 heterocycles. The van der Waals surface area contributed by atoms with Gasteiger partial charge in [-0.25, -0.2) is 0 Å². The van der Waals surface area contributed by atoms with Crippen LogP contribution in [0.15, 0.2) is 42.5 Å². The first-order valence-corrected chi connectivity index (χ1v) is 7.08. The van der Waals surface area contributed by atoms with Gasteiger partial charge in [-0.05, 0) is 28.2 Å². The van der Waals surface area contributed by atoms with E-state index in [1.807, 2.05) is 30.3 Å². The van der Waals surface area contributed by atoms with Crippen molar-refractivity contribution in [1.82, 2.24) is 0 Å². The van der Waals surface area contributed by atoms with Crippen LogP contribution >= 0.6 is 0 Å². The molecule has 0 aromatic heterocycles. The molecule has 0 aliphatic heterocycles. The molecule has 0 radical (unpaired) electrons. The predicted molar refractivity (Wildman–Crippen MR) is 82.7 cm³/mol. The lowest BCUT2D eigenvalue weighted by Crippen LogP contribution is -2.14. The second kappa shape index (κ2) is 6.08. The highest BCUT2D eigenvalue weighted by atomic mass is 16.5. The normalized spacial score (nSPS) is 11.6. The molecule has 2 rings (SSSR count). The summed E-state index contributed by atoms with van der Waals surface area (Å²) in [6, 6.07) is 14.2. The Balaban J connectivity index is 2.00. The summed E-state index contributed by atoms with van der Waals surface area (Å²) in [6.45, 7) is 6.93. The highest BCUT2D eigenvalue weighted by Gasteiger charge is 2.12. The van der Waals surface area contributed by atoms with Gasteiger partial charge in [0.2, 0.25) is 0 Å². The molecule has 0 saturated carbocycles. The summed E-state index contributed by atoms with van der Waals surface area (Å²) < 4.78 is 5.33. The van der Waals surface area contributed by atoms with E-state index in [9.17, 15) is 4.79 Å². The molecule has 0 amide bonds. The summed E-state index contributed by atoms with van der Waals surface area (Å²) in [5.74, 6) is -0.148. The van der Waals surface area contributed by atoms with Crippen molar-refractivity contribution in [3.63, 3.8) is 0 Å². The lowest BCUT2D eigenvalue weighted by atomic mass is 9.93. The van der Waals surface area contributed by atoms with E-state index >= 15 is 0 Å². The molecule has 0 bridgehead atoms. The van der Waals surface area contributed by atoms with E-state index in [-0.39, 0.29) is 11.4 Å². The highest BCUT2D eigenvalue weighted by molar-refractivity contribution is 5.88. The largest absolute Gasteiger partial charge is 0.465 e. The predicted octanol–water partition coefficient (Wildman–Crippen LogP) is 4.36. The molecular formula is C18H22O2. The molecule has 0 aliphatic rings. The molecule has 2 aromatic carbocycles. The van der Waals surface area contributed by atoms with Crippen LogP contribution in [0.25, 0.3) is 10.8 Å². The third-order valence-electron chi connectivity index (χ3n) is 3.33. The first-order valence-electron chi connectivity index (χ1n) is 7.08. The number of carbonyl (C=O) groups is 1. The van der Waals surface area contributed by atoms with Crippen LogP contribution in [-0.4, -0.2) is 12.6 Å². The van der Waals surface area contributed by atoms with Gasteiger partial charge in [-0.2, -0.15) is 0 Å². The highest BCUT2D eigenvalue weighted by Crippen LogP contribution is 2.20. The number of fused-ring (bicyclic) bond motifs is 1. The number of rotatable bonds is 4. The van der Waals surface area contributed by atoms with Crippen LogP contribution in [0.5, 0.6) is 0 Å². The van der Waals surface area contributed by atoms with Gasteiger partial charge in [-0.3, -0.25) is 4.79 Å². The fourth-order valence-corrected chi connectivity index (χ4v) is 2.12. The maximum Gasteiger partial charge on any atom is 0.310 e. The van der Waals surface area contributed by atoms with Crippen LogP contribution < -0.4 is 0 Å². The molecule has 0 unspecified atom stereocenters. The molecule has 20 heavy (non-hydrogen) atoms. The molecule has 0 atom stereocenters. The quantitative estimate of drug-likeness (QED) is 0.771. The van der Waals surface area contributed by atoms with Crippen LogP contribution in [0.4, 0.5) is 0 Å². The average molecular weight is 270 g/mol. The topological polar surface area (TPSA) is 26.3 Å². The molecule has 2 heteroatoms. The van der Waals surface area contributed by atoms with Gasteiger partial charge in [-0.15, -0.1) is 0 Å². The van der Waals surface area contributed by atoms with Crippen molar-refractivity contribution in [2.24, 2.45) is 5.41 Å². The molecule has 0 N–H and O–H groups in total. The minimum Gasteiger partial charge on any atom is -0.465 e. The zero-order chi connectivity index (χ0) is 14.6. The summed E-state index contributed by atoms with van der Waals surface area (Å²) in [6.07, 6.45) is 1.22. The lowest BCUT2D eigenvalue weighted by molar-refractivity contribution is -0.143. The van der Waals surface area contributed by atoms with Crippen molar-refractivity contribution in [2.75, 3.05) is 6.61 Å². The van der Waals surface area contributed by atoms with Gasteiger partial charge in [0, 0.05) is 0 Å². The summed E-state index contributed by atoms with van der Waals surface area (Å²) in [4.78, 5) is 11.9. The van der Waals surface area contributed by atoms with E-state index in [1.54, 1.807) is 0 Å². The van der Waals surface area contributed by atoms with E-state index < -0.39 is 0 Å². The smallest absolute Gasteiger partial charge is 0.310 e. The number of benzene rings is 2. The van der Waals surface area contributed by atoms with Crippen LogP contribution in [0, 0.1) is 5.41 Å². The van der Waals surface area contributed by atoms with Crippen molar-refractivity contribution in [1.29, 1.82) is 0 Å². The fraction of sp³-hybridized carbons (Fsp3) is 0.389. The maximum absolute atomic E-state index is 11.9. The zero-order valence-electron chi connectivity index (χ0n) is 12.5. The Morgan fingerprint density at radius 2 is 1.75 bits per heavy atom. The van der Waals surface area contributed by atoms with Gasteiger partial charge in [0.15, 0.2) is 0 Å². The van der Waals surface area contributed by atoms with Gasteiger partial charge in [0.25, 0.3) is 0 Å². The minimum absolute atomic E-state index is 0.148. The standard InChI is InChI=1S/C18H22O2/c1-18(2,3)11-12-20-17(19)13-15-9-6-8-14-7-4-5-10-16(14)15/h4-10H,11-13H2,1-3H3. The van der Waals surface area contributed by atoms with Crippen molar-refractivity contribution in [3.8, 4) is 0 Å². The van der Waals surface area contributed by atoms with E-state index in [2.05, 4.69) is 32.9 Å². The monoisotopic (exact) mass is 270 g/mol. The Morgan fingerprint density at radius 1 is 1.05 bits per heavy atom. The van der Waals surface area contributed by atoms with Crippen LogP contribution in [0.1, 0.15) is 32.8 Å². The van der Waals surface area contributed by atoms with Gasteiger partial charge in [0.1, 0.15) is 0 Å². The third kappa shape index (κ3) is 4.09. The Kier molecular flexibility index (Phi) is 4.43. The molecule has 0 saturated heterocycles. The van der Waals surface area contributed by atoms with E-state index in [4.69, 9.17) is 4.74 Å². The maximum atomic E-state index is 11.9. The lowest BCUT2D eigenvalue weighted by Gasteiger charge is -2.17. The SMILES string of the molecule is CC(C)(C)CCOC(=O)Cc1cccc2ccccc12. The number of hydrogen-bond acceptors (Lipinski definition) is 2. The van der Waals surface area contributed by atoms with E-state index in [0.29, 0.717) is 13.0 Å². The Morgan fingerprint density at radius 3 is 2.50 bits per heavy atom. The van der Waals surface area contributed by atoms with Gasteiger partial charge < -0.3 is 4.74 Å². The summed E-state index contributed by atoms with van der Waals surface area (Å²) in [7, 11) is 0. The first kappa shape index (κ1) is 14.6. The average Bonchev–Trinajstić information content (AvgIpc) is 2.37. The molecule has 0 spiro atoms. The molecule has 106 valence electrons. The molecule has 2 nitrogen and oxygen atoms in total. The van der Waals surface area contributed by atoms with E-state index in [1.165, 1.54) is 0 Å². The van der Waals surface area contributed by atoms with Crippen LogP contribution in [0.3, 0.4) is 0 Å². The Labute approximate surface area is 120 Å². The number of carbonyl (C=O) groups excluding carboxylic acids is 1. The number of esters is 1. The van der Waals surface area contributed by atoms with Gasteiger partial charge in [-0.1, -0.05) is 63.2 Å². The molecule has 0 fully saturated rings. The van der Waals surface area contributed by atoms with Gasteiger partial charge >= 0.3 is 5.97 Å². The van der Waals surface area contributed by atoms with Crippen LogP contribution in [-0.2, 0) is 16.0 Å². The summed E-state index contributed by atoms with van der Waals surface area (Å²) >= 11 is 0.